The first-order chi connectivity index (χ1) is 14.4. The Hall–Kier alpha value is -3.38. The third-order valence-corrected chi connectivity index (χ3v) is 6.85. The second-order valence-electron chi connectivity index (χ2n) is 6.80. The molecule has 1 saturated heterocycles. The molecule has 2 aromatic heterocycles. The number of benzene rings is 1. The van der Waals surface area contributed by atoms with Gasteiger partial charge in [0.25, 0.3) is 5.69 Å². The van der Waals surface area contributed by atoms with E-state index in [1.54, 1.807) is 36.1 Å². The zero-order valence-electron chi connectivity index (χ0n) is 16.1. The minimum Gasteiger partial charge on any atom is -0.352 e. The molecule has 3 heterocycles. The van der Waals surface area contributed by atoms with Gasteiger partial charge in [-0.2, -0.15) is 9.40 Å². The molecule has 1 aromatic carbocycles. The number of hydrogen-bond donors (Lipinski definition) is 0. The van der Waals surface area contributed by atoms with E-state index in [1.807, 2.05) is 11.0 Å². The molecule has 0 amide bonds. The van der Waals surface area contributed by atoms with Crippen LogP contribution < -0.4 is 4.90 Å². The summed E-state index contributed by atoms with van der Waals surface area (Å²) in [6.45, 7) is 2.93. The Morgan fingerprint density at radius 2 is 1.73 bits per heavy atom. The van der Waals surface area contributed by atoms with E-state index >= 15 is 0 Å². The maximum Gasteiger partial charge on any atom is 0.273 e. The van der Waals surface area contributed by atoms with E-state index in [4.69, 9.17) is 0 Å². The molecule has 0 spiro atoms. The number of rotatable bonds is 5. The standard InChI is InChI=1S/C18H19N7O4S/c1-14-3-4-15(13-16(14)25(26)27)30(28,29)23-11-9-22(10-12-23)17-5-6-18(21-20-17)24-8-2-7-19-24/h2-8,13H,9-12H2,1H3. The van der Waals surface area contributed by atoms with Crippen molar-refractivity contribution < 1.29 is 13.3 Å². The molecule has 1 fully saturated rings. The van der Waals surface area contributed by atoms with Crippen molar-refractivity contribution in [3.63, 3.8) is 0 Å². The van der Waals surface area contributed by atoms with Crippen LogP contribution in [-0.4, -0.2) is 63.8 Å². The summed E-state index contributed by atoms with van der Waals surface area (Å²) in [5, 5.41) is 23.6. The monoisotopic (exact) mass is 429 g/mol. The minimum absolute atomic E-state index is 0.0726. The Labute approximate surface area is 172 Å². The summed E-state index contributed by atoms with van der Waals surface area (Å²) in [6.07, 6.45) is 3.42. The largest absolute Gasteiger partial charge is 0.352 e. The van der Waals surface area contributed by atoms with Gasteiger partial charge in [-0.1, -0.05) is 6.07 Å². The Morgan fingerprint density at radius 3 is 2.33 bits per heavy atom. The summed E-state index contributed by atoms with van der Waals surface area (Å²) < 4.78 is 28.8. The average molecular weight is 429 g/mol. The Morgan fingerprint density at radius 1 is 1.03 bits per heavy atom. The van der Waals surface area contributed by atoms with E-state index in [1.165, 1.54) is 16.4 Å². The third-order valence-electron chi connectivity index (χ3n) is 4.95. The Bertz CT molecular complexity index is 1160. The highest BCUT2D eigenvalue weighted by atomic mass is 32.2. The lowest BCUT2D eigenvalue weighted by atomic mass is 10.2. The van der Waals surface area contributed by atoms with Crippen LogP contribution in [0.15, 0.2) is 53.7 Å². The highest BCUT2D eigenvalue weighted by Crippen LogP contribution is 2.25. The number of aromatic nitrogens is 4. The normalized spacial score (nSPS) is 15.3. The predicted octanol–water partition coefficient (Wildman–Crippen LogP) is 1.39. The van der Waals surface area contributed by atoms with Gasteiger partial charge in [0.05, 0.1) is 9.82 Å². The summed E-state index contributed by atoms with van der Waals surface area (Å²) in [5.74, 6) is 1.24. The fourth-order valence-electron chi connectivity index (χ4n) is 3.27. The lowest BCUT2D eigenvalue weighted by Crippen LogP contribution is -2.49. The Balaban J connectivity index is 1.46. The van der Waals surface area contributed by atoms with Crippen LogP contribution in [0.4, 0.5) is 11.5 Å². The number of nitro benzene ring substituents is 1. The molecule has 0 unspecified atom stereocenters. The van der Waals surface area contributed by atoms with Crippen LogP contribution in [0.25, 0.3) is 5.82 Å². The predicted molar refractivity (Wildman–Crippen MR) is 108 cm³/mol. The van der Waals surface area contributed by atoms with Crippen molar-refractivity contribution in [2.24, 2.45) is 0 Å². The lowest BCUT2D eigenvalue weighted by Gasteiger charge is -2.34. The molecule has 0 aliphatic carbocycles. The van der Waals surface area contributed by atoms with Crippen molar-refractivity contribution in [2.45, 2.75) is 11.8 Å². The fraction of sp³-hybridized carbons (Fsp3) is 0.278. The molecule has 0 atom stereocenters. The maximum atomic E-state index is 12.9. The van der Waals surface area contributed by atoms with Crippen LogP contribution in [0.3, 0.4) is 0 Å². The number of nitro groups is 1. The van der Waals surface area contributed by atoms with Gasteiger partial charge >= 0.3 is 0 Å². The topological polar surface area (TPSA) is 127 Å². The number of aryl methyl sites for hydroxylation is 1. The zero-order chi connectivity index (χ0) is 21.3. The van der Waals surface area contributed by atoms with Crippen LogP contribution in [0.2, 0.25) is 0 Å². The molecule has 12 heteroatoms. The third kappa shape index (κ3) is 3.74. The number of piperazine rings is 1. The summed E-state index contributed by atoms with van der Waals surface area (Å²) in [4.78, 5) is 12.5. The van der Waals surface area contributed by atoms with E-state index in [9.17, 15) is 18.5 Å². The van der Waals surface area contributed by atoms with Crippen LogP contribution in [0.5, 0.6) is 0 Å². The molecular weight excluding hydrogens is 410 g/mol. The quantitative estimate of drug-likeness (QED) is 0.440. The first-order valence-corrected chi connectivity index (χ1v) is 10.6. The van der Waals surface area contributed by atoms with Gasteiger partial charge in [0.15, 0.2) is 11.6 Å². The summed E-state index contributed by atoms with van der Waals surface area (Å²) in [7, 11) is -3.82. The van der Waals surface area contributed by atoms with E-state index in [0.717, 1.165) is 6.07 Å². The van der Waals surface area contributed by atoms with Gasteiger partial charge in [-0.25, -0.2) is 13.1 Å². The molecule has 1 aliphatic heterocycles. The van der Waals surface area contributed by atoms with Gasteiger partial charge in [0, 0.05) is 50.2 Å². The molecule has 0 saturated carbocycles. The maximum absolute atomic E-state index is 12.9. The van der Waals surface area contributed by atoms with Crippen molar-refractivity contribution in [3.05, 3.63) is 64.5 Å². The second-order valence-corrected chi connectivity index (χ2v) is 8.73. The highest BCUT2D eigenvalue weighted by Gasteiger charge is 2.30. The molecule has 156 valence electrons. The fourth-order valence-corrected chi connectivity index (χ4v) is 4.71. The molecule has 1 aliphatic rings. The number of nitrogens with zero attached hydrogens (tertiary/aromatic N) is 7. The van der Waals surface area contributed by atoms with Crippen molar-refractivity contribution in [3.8, 4) is 5.82 Å². The number of anilines is 1. The van der Waals surface area contributed by atoms with Crippen molar-refractivity contribution in [2.75, 3.05) is 31.1 Å². The molecule has 11 nitrogen and oxygen atoms in total. The summed E-state index contributed by atoms with van der Waals surface area (Å²) >= 11 is 0. The summed E-state index contributed by atoms with van der Waals surface area (Å²) in [6, 6.07) is 9.39. The van der Waals surface area contributed by atoms with Gasteiger partial charge in [0.2, 0.25) is 10.0 Å². The van der Waals surface area contributed by atoms with Gasteiger partial charge < -0.3 is 4.90 Å². The van der Waals surface area contributed by atoms with E-state index in [0.29, 0.717) is 30.3 Å². The van der Waals surface area contributed by atoms with Crippen molar-refractivity contribution in [1.82, 2.24) is 24.3 Å². The van der Waals surface area contributed by atoms with Crippen LogP contribution in [0, 0.1) is 17.0 Å². The lowest BCUT2D eigenvalue weighted by molar-refractivity contribution is -0.385. The van der Waals surface area contributed by atoms with Gasteiger partial charge in [0.1, 0.15) is 0 Å². The van der Waals surface area contributed by atoms with Gasteiger partial charge in [-0.05, 0) is 31.2 Å². The highest BCUT2D eigenvalue weighted by molar-refractivity contribution is 7.89. The molecule has 3 aromatic rings. The van der Waals surface area contributed by atoms with E-state index in [2.05, 4.69) is 15.3 Å². The van der Waals surface area contributed by atoms with Gasteiger partial charge in [-0.15, -0.1) is 10.2 Å². The first-order valence-electron chi connectivity index (χ1n) is 9.20. The van der Waals surface area contributed by atoms with Crippen LogP contribution >= 0.6 is 0 Å². The minimum atomic E-state index is -3.82. The summed E-state index contributed by atoms with van der Waals surface area (Å²) in [5.41, 5.74) is 0.211. The second kappa shape index (κ2) is 7.80. The van der Waals surface area contributed by atoms with E-state index < -0.39 is 14.9 Å². The van der Waals surface area contributed by atoms with Crippen molar-refractivity contribution in [1.29, 1.82) is 0 Å². The number of sulfonamides is 1. The molecule has 0 N–H and O–H groups in total. The SMILES string of the molecule is Cc1ccc(S(=O)(=O)N2CCN(c3ccc(-n4cccn4)nn3)CC2)cc1[N+](=O)[O-]. The molecule has 0 radical (unpaired) electrons. The van der Waals surface area contributed by atoms with Crippen LogP contribution in [0.1, 0.15) is 5.56 Å². The number of hydrogen-bond acceptors (Lipinski definition) is 8. The molecular formula is C18H19N7O4S. The molecule has 30 heavy (non-hydrogen) atoms. The smallest absolute Gasteiger partial charge is 0.273 e. The molecule has 4 rings (SSSR count). The Kier molecular flexibility index (Phi) is 5.18. The van der Waals surface area contributed by atoms with Crippen LogP contribution in [-0.2, 0) is 10.0 Å². The molecule has 0 bridgehead atoms. The zero-order valence-corrected chi connectivity index (χ0v) is 16.9. The van der Waals surface area contributed by atoms with E-state index in [-0.39, 0.29) is 23.7 Å². The average Bonchev–Trinajstić information content (AvgIpc) is 3.29. The van der Waals surface area contributed by atoms with Gasteiger partial charge in [-0.3, -0.25) is 10.1 Å². The first kappa shape index (κ1) is 19.9. The van der Waals surface area contributed by atoms with Crippen molar-refractivity contribution >= 4 is 21.5 Å².